The van der Waals surface area contributed by atoms with Gasteiger partial charge < -0.3 is 19.5 Å². The number of aryl methyl sites for hydroxylation is 1. The first kappa shape index (κ1) is 16.6. The molecule has 2 heterocycles. The fourth-order valence-electron chi connectivity index (χ4n) is 2.84. The van der Waals surface area contributed by atoms with E-state index in [9.17, 15) is 4.79 Å². The SMILES string of the molecule is COc1ccc(Cl)cc1NC(=O)N1CCCCC1c1nc(C)no1. The van der Waals surface area contributed by atoms with Crippen LogP contribution in [0.15, 0.2) is 22.7 Å². The number of ether oxygens (including phenoxy) is 1. The third-order valence-corrected chi connectivity index (χ3v) is 4.23. The smallest absolute Gasteiger partial charge is 0.322 e. The van der Waals surface area contributed by atoms with E-state index in [4.69, 9.17) is 20.9 Å². The number of nitrogens with zero attached hydrogens (tertiary/aromatic N) is 3. The Bertz CT molecular complexity index is 734. The highest BCUT2D eigenvalue weighted by Gasteiger charge is 2.32. The maximum atomic E-state index is 12.8. The number of amides is 2. The Morgan fingerprint density at radius 1 is 1.46 bits per heavy atom. The van der Waals surface area contributed by atoms with Gasteiger partial charge in [-0.3, -0.25) is 0 Å². The van der Waals surface area contributed by atoms with Gasteiger partial charge in [-0.2, -0.15) is 4.98 Å². The average Bonchev–Trinajstić information content (AvgIpc) is 3.01. The number of methoxy groups -OCH3 is 1. The molecule has 7 nitrogen and oxygen atoms in total. The zero-order chi connectivity index (χ0) is 17.1. The standard InChI is InChI=1S/C16H19ClN4O3/c1-10-18-15(24-20-10)13-5-3-4-8-21(13)16(22)19-12-9-11(17)6-7-14(12)23-2/h6-7,9,13H,3-5,8H2,1-2H3,(H,19,22). The molecule has 0 aliphatic carbocycles. The van der Waals surface area contributed by atoms with E-state index in [1.54, 1.807) is 37.1 Å². The van der Waals surface area contributed by atoms with E-state index < -0.39 is 0 Å². The molecule has 0 spiro atoms. The summed E-state index contributed by atoms with van der Waals surface area (Å²) in [5.74, 6) is 1.59. The molecule has 1 atom stereocenters. The largest absolute Gasteiger partial charge is 0.495 e. The number of aromatic nitrogens is 2. The Kier molecular flexibility index (Phi) is 4.89. The van der Waals surface area contributed by atoms with Crippen molar-refractivity contribution in [2.75, 3.05) is 19.0 Å². The summed E-state index contributed by atoms with van der Waals surface area (Å²) in [5, 5.41) is 7.21. The van der Waals surface area contributed by atoms with Crippen molar-refractivity contribution in [3.8, 4) is 5.75 Å². The third-order valence-electron chi connectivity index (χ3n) is 4.00. The minimum Gasteiger partial charge on any atom is -0.495 e. The lowest BCUT2D eigenvalue weighted by molar-refractivity contribution is 0.142. The molecule has 1 fully saturated rings. The third kappa shape index (κ3) is 3.46. The molecule has 1 unspecified atom stereocenters. The van der Waals surface area contributed by atoms with Crippen molar-refractivity contribution in [1.82, 2.24) is 15.0 Å². The van der Waals surface area contributed by atoms with Crippen LogP contribution in [0.2, 0.25) is 5.02 Å². The summed E-state index contributed by atoms with van der Waals surface area (Å²) in [4.78, 5) is 18.8. The van der Waals surface area contributed by atoms with Crippen molar-refractivity contribution in [3.05, 3.63) is 34.9 Å². The second-order valence-electron chi connectivity index (χ2n) is 5.66. The van der Waals surface area contributed by atoms with Gasteiger partial charge in [-0.25, -0.2) is 4.79 Å². The van der Waals surface area contributed by atoms with Gasteiger partial charge in [-0.1, -0.05) is 16.8 Å². The first-order chi connectivity index (χ1) is 11.6. The second kappa shape index (κ2) is 7.09. The number of rotatable bonds is 3. The molecule has 1 aliphatic heterocycles. The van der Waals surface area contributed by atoms with Crippen LogP contribution in [-0.2, 0) is 0 Å². The van der Waals surface area contributed by atoms with Crippen molar-refractivity contribution >= 4 is 23.3 Å². The molecule has 2 amide bonds. The minimum absolute atomic E-state index is 0.217. The predicted octanol–water partition coefficient (Wildman–Crippen LogP) is 3.80. The Morgan fingerprint density at radius 2 is 2.29 bits per heavy atom. The molecule has 1 saturated heterocycles. The monoisotopic (exact) mass is 350 g/mol. The molecule has 3 rings (SSSR count). The highest BCUT2D eigenvalue weighted by Crippen LogP contribution is 2.32. The number of piperidine rings is 1. The quantitative estimate of drug-likeness (QED) is 0.910. The van der Waals surface area contributed by atoms with Gasteiger partial charge in [0.2, 0.25) is 5.89 Å². The Balaban J connectivity index is 1.81. The first-order valence-electron chi connectivity index (χ1n) is 7.80. The van der Waals surface area contributed by atoms with Gasteiger partial charge in [0.15, 0.2) is 5.82 Å². The Hall–Kier alpha value is -2.28. The second-order valence-corrected chi connectivity index (χ2v) is 6.10. The molecule has 1 aromatic heterocycles. The van der Waals surface area contributed by atoms with Gasteiger partial charge in [0.05, 0.1) is 12.8 Å². The van der Waals surface area contributed by atoms with Crippen LogP contribution in [0.5, 0.6) is 5.75 Å². The molecule has 1 aliphatic rings. The molecule has 0 radical (unpaired) electrons. The van der Waals surface area contributed by atoms with Crippen molar-refractivity contribution < 1.29 is 14.1 Å². The summed E-state index contributed by atoms with van der Waals surface area (Å²) in [6.07, 6.45) is 2.74. The van der Waals surface area contributed by atoms with Crippen molar-refractivity contribution in [3.63, 3.8) is 0 Å². The van der Waals surface area contributed by atoms with Crippen molar-refractivity contribution in [2.24, 2.45) is 0 Å². The summed E-state index contributed by atoms with van der Waals surface area (Å²) in [6, 6.07) is 4.63. The van der Waals surface area contributed by atoms with E-state index in [-0.39, 0.29) is 12.1 Å². The molecule has 24 heavy (non-hydrogen) atoms. The Morgan fingerprint density at radius 3 is 3.00 bits per heavy atom. The molecule has 0 saturated carbocycles. The summed E-state index contributed by atoms with van der Waals surface area (Å²) in [7, 11) is 1.55. The van der Waals surface area contributed by atoms with E-state index in [0.717, 1.165) is 19.3 Å². The van der Waals surface area contributed by atoms with E-state index in [1.807, 2.05) is 0 Å². The first-order valence-corrected chi connectivity index (χ1v) is 8.17. The number of anilines is 1. The molecule has 1 N–H and O–H groups in total. The maximum Gasteiger partial charge on any atom is 0.322 e. The maximum absolute atomic E-state index is 12.8. The van der Waals surface area contributed by atoms with Crippen LogP contribution in [0, 0.1) is 6.92 Å². The summed E-state index contributed by atoms with van der Waals surface area (Å²) >= 11 is 6.02. The van der Waals surface area contributed by atoms with Crippen LogP contribution < -0.4 is 10.1 Å². The van der Waals surface area contributed by atoms with Gasteiger partial charge in [0, 0.05) is 11.6 Å². The molecular weight excluding hydrogens is 332 g/mol. The number of halogens is 1. The molecule has 2 aromatic rings. The van der Waals surface area contributed by atoms with E-state index in [2.05, 4.69) is 15.5 Å². The zero-order valence-electron chi connectivity index (χ0n) is 13.6. The summed E-state index contributed by atoms with van der Waals surface area (Å²) < 4.78 is 10.5. The van der Waals surface area contributed by atoms with E-state index in [1.165, 1.54) is 0 Å². The van der Waals surface area contributed by atoms with Gasteiger partial charge in [-0.15, -0.1) is 0 Å². The number of likely N-dealkylation sites (tertiary alicyclic amines) is 1. The molecule has 0 bridgehead atoms. The zero-order valence-corrected chi connectivity index (χ0v) is 14.3. The normalized spacial score (nSPS) is 17.6. The van der Waals surface area contributed by atoms with E-state index in [0.29, 0.717) is 34.7 Å². The average molecular weight is 351 g/mol. The lowest BCUT2D eigenvalue weighted by atomic mass is 10.0. The molecule has 128 valence electrons. The number of urea groups is 1. The minimum atomic E-state index is -0.240. The lowest BCUT2D eigenvalue weighted by Gasteiger charge is -2.33. The lowest BCUT2D eigenvalue weighted by Crippen LogP contribution is -2.41. The highest BCUT2D eigenvalue weighted by molar-refractivity contribution is 6.31. The number of benzene rings is 1. The predicted molar refractivity (Wildman–Crippen MR) is 89.4 cm³/mol. The van der Waals surface area contributed by atoms with Crippen LogP contribution in [0.3, 0.4) is 0 Å². The van der Waals surface area contributed by atoms with Gasteiger partial charge in [0.1, 0.15) is 11.8 Å². The number of carbonyl (C=O) groups excluding carboxylic acids is 1. The fraction of sp³-hybridized carbons (Fsp3) is 0.438. The molecular formula is C16H19ClN4O3. The topological polar surface area (TPSA) is 80.5 Å². The highest BCUT2D eigenvalue weighted by atomic mass is 35.5. The van der Waals surface area contributed by atoms with Gasteiger partial charge in [-0.05, 0) is 44.4 Å². The number of hydrogen-bond acceptors (Lipinski definition) is 5. The van der Waals surface area contributed by atoms with Crippen LogP contribution >= 0.6 is 11.6 Å². The number of carbonyl (C=O) groups is 1. The Labute approximate surface area is 144 Å². The summed E-state index contributed by atoms with van der Waals surface area (Å²) in [5.41, 5.74) is 0.529. The van der Waals surface area contributed by atoms with Gasteiger partial charge >= 0.3 is 6.03 Å². The van der Waals surface area contributed by atoms with Crippen molar-refractivity contribution in [2.45, 2.75) is 32.2 Å². The van der Waals surface area contributed by atoms with Crippen LogP contribution in [0.25, 0.3) is 0 Å². The van der Waals surface area contributed by atoms with E-state index >= 15 is 0 Å². The van der Waals surface area contributed by atoms with Crippen LogP contribution in [-0.4, -0.2) is 34.7 Å². The number of nitrogens with one attached hydrogen (secondary N) is 1. The summed E-state index contributed by atoms with van der Waals surface area (Å²) in [6.45, 7) is 2.39. The van der Waals surface area contributed by atoms with Gasteiger partial charge in [0.25, 0.3) is 0 Å². The fourth-order valence-corrected chi connectivity index (χ4v) is 3.02. The van der Waals surface area contributed by atoms with Crippen molar-refractivity contribution in [1.29, 1.82) is 0 Å². The molecule has 8 heteroatoms. The van der Waals surface area contributed by atoms with Crippen LogP contribution in [0.4, 0.5) is 10.5 Å². The number of hydrogen-bond donors (Lipinski definition) is 1. The van der Waals surface area contributed by atoms with Crippen LogP contribution in [0.1, 0.15) is 37.0 Å². The molecule has 1 aromatic carbocycles.